The molecule has 1 amide bonds. The van der Waals surface area contributed by atoms with E-state index >= 15 is 0 Å². The van der Waals surface area contributed by atoms with Crippen LogP contribution in [-0.4, -0.2) is 56.3 Å². The maximum Gasteiger partial charge on any atom is 0.244 e. The second-order valence-electron chi connectivity index (χ2n) is 7.33. The number of nitrogens with one attached hydrogen (secondary N) is 1. The van der Waals surface area contributed by atoms with Crippen LogP contribution in [0.25, 0.3) is 0 Å². The van der Waals surface area contributed by atoms with Gasteiger partial charge in [0.05, 0.1) is 6.04 Å². The van der Waals surface area contributed by atoms with E-state index in [4.69, 9.17) is 0 Å². The Labute approximate surface area is 175 Å². The second-order valence-corrected chi connectivity index (χ2v) is 9.01. The molecule has 1 aliphatic rings. The number of benzene rings is 2. The molecule has 9 heteroatoms. The highest BCUT2D eigenvalue weighted by atomic mass is 32.2. The number of piperazine rings is 1. The minimum atomic E-state index is -4.16. The molecule has 2 atom stereocenters. The molecule has 1 saturated heterocycles. The van der Waals surface area contributed by atoms with Crippen molar-refractivity contribution in [2.24, 2.45) is 0 Å². The Kier molecular flexibility index (Phi) is 6.84. The first-order valence-corrected chi connectivity index (χ1v) is 11.2. The number of nitrogens with zero attached hydrogens (tertiary/aromatic N) is 2. The van der Waals surface area contributed by atoms with E-state index in [1.54, 1.807) is 23.1 Å². The van der Waals surface area contributed by atoms with Crippen LogP contribution in [0.1, 0.15) is 25.5 Å². The largest absolute Gasteiger partial charge is 0.339 e. The molecule has 3 rings (SSSR count). The molecule has 0 spiro atoms. The Morgan fingerprint density at radius 3 is 2.10 bits per heavy atom. The first kappa shape index (κ1) is 22.3. The van der Waals surface area contributed by atoms with Gasteiger partial charge in [0.2, 0.25) is 15.9 Å². The van der Waals surface area contributed by atoms with Crippen LogP contribution in [0.3, 0.4) is 0 Å². The molecule has 0 aliphatic carbocycles. The van der Waals surface area contributed by atoms with Gasteiger partial charge >= 0.3 is 0 Å². The van der Waals surface area contributed by atoms with Crippen molar-refractivity contribution in [2.45, 2.75) is 30.8 Å². The Hall–Kier alpha value is -2.36. The van der Waals surface area contributed by atoms with Crippen molar-refractivity contribution in [2.75, 3.05) is 26.2 Å². The molecule has 2 aromatic rings. The monoisotopic (exact) mass is 437 g/mol. The number of rotatable bonds is 6. The fraction of sp³-hybridized carbons (Fsp3) is 0.381. The summed E-state index contributed by atoms with van der Waals surface area (Å²) in [5.41, 5.74) is 0.600. The van der Waals surface area contributed by atoms with Crippen LogP contribution in [0.15, 0.2) is 53.4 Å². The number of hydrogen-bond donors (Lipinski definition) is 1. The van der Waals surface area contributed by atoms with E-state index in [2.05, 4.69) is 9.62 Å². The molecule has 162 valence electrons. The lowest BCUT2D eigenvalue weighted by Crippen LogP contribution is -2.54. The quantitative estimate of drug-likeness (QED) is 0.754. The number of halogens is 2. The molecular weight excluding hydrogens is 412 g/mol. The van der Waals surface area contributed by atoms with Gasteiger partial charge in [-0.3, -0.25) is 9.69 Å². The van der Waals surface area contributed by atoms with E-state index in [-0.39, 0.29) is 17.8 Å². The predicted molar refractivity (Wildman–Crippen MR) is 109 cm³/mol. The molecule has 0 radical (unpaired) electrons. The van der Waals surface area contributed by atoms with Crippen molar-refractivity contribution in [1.29, 1.82) is 0 Å². The molecule has 6 nitrogen and oxygen atoms in total. The number of carbonyl (C=O) groups is 1. The summed E-state index contributed by atoms with van der Waals surface area (Å²) < 4.78 is 55.0. The number of sulfonamides is 1. The molecular formula is C21H25F2N3O3S. The third-order valence-electron chi connectivity index (χ3n) is 5.36. The van der Waals surface area contributed by atoms with Crippen molar-refractivity contribution in [3.63, 3.8) is 0 Å². The summed E-state index contributed by atoms with van der Waals surface area (Å²) in [5.74, 6) is -1.52. The third-order valence-corrected chi connectivity index (χ3v) is 6.93. The summed E-state index contributed by atoms with van der Waals surface area (Å²) in [5, 5.41) is 0. The van der Waals surface area contributed by atoms with Crippen LogP contribution < -0.4 is 4.72 Å². The first-order chi connectivity index (χ1) is 14.2. The van der Waals surface area contributed by atoms with Crippen molar-refractivity contribution in [3.8, 4) is 0 Å². The van der Waals surface area contributed by atoms with Crippen molar-refractivity contribution >= 4 is 15.9 Å². The van der Waals surface area contributed by atoms with Gasteiger partial charge in [0, 0.05) is 37.8 Å². The standard InChI is InChI=1S/C21H25F2N3O3S/c1-15(24-30(28,29)20-10-6-5-9-19(20)23)21(27)26-13-11-25(12-14-26)16(2)17-7-3-4-8-18(17)22/h3-10,15-16,24H,11-14H2,1-2H3/t15-,16?/m0/s1. The van der Waals surface area contributed by atoms with Crippen LogP contribution in [0.2, 0.25) is 0 Å². The zero-order chi connectivity index (χ0) is 21.9. The van der Waals surface area contributed by atoms with E-state index in [0.717, 1.165) is 12.1 Å². The third kappa shape index (κ3) is 4.85. The van der Waals surface area contributed by atoms with Gasteiger partial charge in [0.15, 0.2) is 0 Å². The van der Waals surface area contributed by atoms with Crippen molar-refractivity contribution in [3.05, 3.63) is 65.7 Å². The highest BCUT2D eigenvalue weighted by molar-refractivity contribution is 7.89. The minimum absolute atomic E-state index is 0.138. The predicted octanol–water partition coefficient (Wildman–Crippen LogP) is 2.54. The Morgan fingerprint density at radius 1 is 0.933 bits per heavy atom. The van der Waals surface area contributed by atoms with Crippen molar-refractivity contribution in [1.82, 2.24) is 14.5 Å². The molecule has 0 aromatic heterocycles. The topological polar surface area (TPSA) is 69.7 Å². The van der Waals surface area contributed by atoms with E-state index in [0.29, 0.717) is 31.7 Å². The Balaban J connectivity index is 1.60. The van der Waals surface area contributed by atoms with E-state index in [9.17, 15) is 22.0 Å². The molecule has 1 N–H and O–H groups in total. The zero-order valence-corrected chi connectivity index (χ0v) is 17.7. The molecule has 1 heterocycles. The summed E-state index contributed by atoms with van der Waals surface area (Å²) in [6, 6.07) is 10.4. The molecule has 2 aromatic carbocycles. The van der Waals surface area contributed by atoms with Crippen LogP contribution in [0, 0.1) is 11.6 Å². The summed E-state index contributed by atoms with van der Waals surface area (Å²) in [7, 11) is -4.16. The summed E-state index contributed by atoms with van der Waals surface area (Å²) >= 11 is 0. The average molecular weight is 438 g/mol. The van der Waals surface area contributed by atoms with Crippen LogP contribution in [-0.2, 0) is 14.8 Å². The smallest absolute Gasteiger partial charge is 0.244 e. The lowest BCUT2D eigenvalue weighted by Gasteiger charge is -2.39. The molecule has 1 unspecified atom stereocenters. The molecule has 30 heavy (non-hydrogen) atoms. The van der Waals surface area contributed by atoms with E-state index in [1.165, 1.54) is 25.1 Å². The van der Waals surface area contributed by atoms with Gasteiger partial charge in [-0.1, -0.05) is 30.3 Å². The molecule has 0 bridgehead atoms. The van der Waals surface area contributed by atoms with Crippen LogP contribution in [0.4, 0.5) is 8.78 Å². The zero-order valence-electron chi connectivity index (χ0n) is 16.9. The first-order valence-electron chi connectivity index (χ1n) is 9.75. The van der Waals surface area contributed by atoms with Crippen molar-refractivity contribution < 1.29 is 22.0 Å². The maximum atomic E-state index is 14.0. The van der Waals surface area contributed by atoms with Gasteiger partial charge in [-0.05, 0) is 32.0 Å². The fourth-order valence-electron chi connectivity index (χ4n) is 3.62. The number of amides is 1. The Bertz CT molecular complexity index is 1010. The number of carbonyl (C=O) groups excluding carboxylic acids is 1. The van der Waals surface area contributed by atoms with Gasteiger partial charge in [0.1, 0.15) is 16.5 Å². The van der Waals surface area contributed by atoms with Crippen LogP contribution >= 0.6 is 0 Å². The van der Waals surface area contributed by atoms with Gasteiger partial charge in [-0.15, -0.1) is 0 Å². The SMILES string of the molecule is CC(c1ccccc1F)N1CCN(C(=O)[C@H](C)NS(=O)(=O)c2ccccc2F)CC1. The molecule has 0 saturated carbocycles. The highest BCUT2D eigenvalue weighted by Gasteiger charge is 2.30. The van der Waals surface area contributed by atoms with Crippen LogP contribution in [0.5, 0.6) is 0 Å². The summed E-state index contributed by atoms with van der Waals surface area (Å²) in [6.07, 6.45) is 0. The normalized spacial score (nSPS) is 17.5. The van der Waals surface area contributed by atoms with Gasteiger partial charge in [-0.25, -0.2) is 17.2 Å². The van der Waals surface area contributed by atoms with E-state index in [1.807, 2.05) is 6.92 Å². The summed E-state index contributed by atoms with van der Waals surface area (Å²) in [4.78, 5) is 15.9. The molecule has 1 fully saturated rings. The second kappa shape index (κ2) is 9.20. The lowest BCUT2D eigenvalue weighted by molar-refractivity contribution is -0.134. The lowest BCUT2D eigenvalue weighted by atomic mass is 10.1. The number of hydrogen-bond acceptors (Lipinski definition) is 4. The fourth-order valence-corrected chi connectivity index (χ4v) is 4.90. The Morgan fingerprint density at radius 2 is 1.50 bits per heavy atom. The summed E-state index contributed by atoms with van der Waals surface area (Å²) in [6.45, 7) is 5.21. The highest BCUT2D eigenvalue weighted by Crippen LogP contribution is 2.24. The maximum absolute atomic E-state index is 14.0. The van der Waals surface area contributed by atoms with Gasteiger partial charge in [-0.2, -0.15) is 4.72 Å². The van der Waals surface area contributed by atoms with Gasteiger partial charge < -0.3 is 4.90 Å². The average Bonchev–Trinajstić information content (AvgIpc) is 2.73. The van der Waals surface area contributed by atoms with E-state index < -0.39 is 26.8 Å². The molecule has 1 aliphatic heterocycles. The minimum Gasteiger partial charge on any atom is -0.339 e. The van der Waals surface area contributed by atoms with Gasteiger partial charge in [0.25, 0.3) is 0 Å².